The quantitative estimate of drug-likeness (QED) is 0.701. The van der Waals surface area contributed by atoms with Crippen LogP contribution in [0.1, 0.15) is 48.3 Å². The normalized spacial score (nSPS) is 12.7. The Hall–Kier alpha value is -2.37. The molecule has 146 valence electrons. The molecule has 2 aromatic rings. The van der Waals surface area contributed by atoms with Crippen molar-refractivity contribution in [1.29, 1.82) is 0 Å². The number of hydrogen-bond donors (Lipinski definition) is 3. The molecule has 2 atom stereocenters. The van der Waals surface area contributed by atoms with Crippen LogP contribution in [-0.4, -0.2) is 17.9 Å². The lowest BCUT2D eigenvalue weighted by Gasteiger charge is -2.20. The number of halogens is 1. The molecule has 2 rings (SSSR count). The van der Waals surface area contributed by atoms with Crippen molar-refractivity contribution < 1.29 is 9.59 Å². The fourth-order valence-corrected chi connectivity index (χ4v) is 2.66. The van der Waals surface area contributed by atoms with E-state index in [4.69, 9.17) is 5.73 Å². The smallest absolute Gasteiger partial charge is 0.251 e. The van der Waals surface area contributed by atoms with E-state index in [2.05, 4.69) is 10.6 Å². The molecule has 2 aromatic carbocycles. The third-order valence-corrected chi connectivity index (χ3v) is 4.30. The van der Waals surface area contributed by atoms with Gasteiger partial charge in [-0.1, -0.05) is 37.3 Å². The van der Waals surface area contributed by atoms with Gasteiger partial charge >= 0.3 is 0 Å². The Morgan fingerprint density at radius 3 is 2.19 bits per heavy atom. The molecular weight excluding hydrogens is 362 g/mol. The van der Waals surface area contributed by atoms with Crippen molar-refractivity contribution >= 4 is 29.9 Å². The van der Waals surface area contributed by atoms with Gasteiger partial charge < -0.3 is 16.4 Å². The maximum absolute atomic E-state index is 12.6. The zero-order chi connectivity index (χ0) is 19.3. The molecule has 2 unspecified atom stereocenters. The molecule has 0 spiro atoms. The van der Waals surface area contributed by atoms with Gasteiger partial charge in [-0.15, -0.1) is 12.4 Å². The molecule has 5 nitrogen and oxygen atoms in total. The van der Waals surface area contributed by atoms with Crippen LogP contribution in [0.3, 0.4) is 0 Å². The lowest BCUT2D eigenvalue weighted by atomic mass is 9.94. The van der Waals surface area contributed by atoms with Gasteiger partial charge in [0, 0.05) is 23.3 Å². The predicted molar refractivity (Wildman–Crippen MR) is 112 cm³/mol. The van der Waals surface area contributed by atoms with Gasteiger partial charge in [-0.05, 0) is 50.1 Å². The van der Waals surface area contributed by atoms with E-state index in [0.29, 0.717) is 11.3 Å². The Morgan fingerprint density at radius 2 is 1.63 bits per heavy atom. The van der Waals surface area contributed by atoms with Gasteiger partial charge in [-0.25, -0.2) is 0 Å². The van der Waals surface area contributed by atoms with E-state index in [1.807, 2.05) is 58.0 Å². The molecule has 4 N–H and O–H groups in total. The third-order valence-electron chi connectivity index (χ3n) is 4.30. The van der Waals surface area contributed by atoms with Crippen LogP contribution in [0.2, 0.25) is 0 Å². The maximum atomic E-state index is 12.6. The van der Waals surface area contributed by atoms with Gasteiger partial charge in [0.25, 0.3) is 5.91 Å². The summed E-state index contributed by atoms with van der Waals surface area (Å²) in [6.07, 6.45) is 0. The fraction of sp³-hybridized carbons (Fsp3) is 0.333. The summed E-state index contributed by atoms with van der Waals surface area (Å²) in [6, 6.07) is 14.5. The van der Waals surface area contributed by atoms with Crippen LogP contribution in [0.5, 0.6) is 0 Å². The first-order valence-electron chi connectivity index (χ1n) is 8.82. The molecule has 0 saturated heterocycles. The van der Waals surface area contributed by atoms with Gasteiger partial charge in [0.1, 0.15) is 0 Å². The van der Waals surface area contributed by atoms with Crippen LogP contribution in [0.4, 0.5) is 5.69 Å². The van der Waals surface area contributed by atoms with Crippen molar-refractivity contribution in [3.05, 3.63) is 65.2 Å². The monoisotopic (exact) mass is 389 g/mol. The number of nitrogens with one attached hydrogen (secondary N) is 2. The summed E-state index contributed by atoms with van der Waals surface area (Å²) in [5, 5.41) is 5.77. The number of aryl methyl sites for hydroxylation is 1. The second-order valence-corrected chi connectivity index (χ2v) is 6.87. The van der Waals surface area contributed by atoms with Gasteiger partial charge in [0.2, 0.25) is 5.91 Å². The lowest BCUT2D eigenvalue weighted by Crippen LogP contribution is -2.31. The highest BCUT2D eigenvalue weighted by atomic mass is 35.5. The summed E-state index contributed by atoms with van der Waals surface area (Å²) in [5.41, 5.74) is 9.24. The summed E-state index contributed by atoms with van der Waals surface area (Å²) in [5.74, 6) is -0.662. The van der Waals surface area contributed by atoms with E-state index >= 15 is 0 Å². The van der Waals surface area contributed by atoms with Gasteiger partial charge in [0.15, 0.2) is 0 Å². The summed E-state index contributed by atoms with van der Waals surface area (Å²) in [7, 11) is 0. The number of carbonyl (C=O) groups is 2. The number of benzene rings is 2. The molecular formula is C21H28ClN3O2. The van der Waals surface area contributed by atoms with Crippen molar-refractivity contribution in [2.45, 2.75) is 39.8 Å². The van der Waals surface area contributed by atoms with E-state index in [1.54, 1.807) is 18.2 Å². The minimum atomic E-state index is -0.388. The topological polar surface area (TPSA) is 84.2 Å². The van der Waals surface area contributed by atoms with Crippen LogP contribution in [-0.2, 0) is 4.79 Å². The Labute approximate surface area is 167 Å². The maximum Gasteiger partial charge on any atom is 0.251 e. The summed E-state index contributed by atoms with van der Waals surface area (Å²) >= 11 is 0. The molecule has 0 fully saturated rings. The molecule has 0 aliphatic rings. The molecule has 6 heteroatoms. The molecule has 0 heterocycles. The molecule has 2 amide bonds. The van der Waals surface area contributed by atoms with Crippen LogP contribution >= 0.6 is 12.4 Å². The van der Waals surface area contributed by atoms with E-state index in [-0.39, 0.29) is 42.2 Å². The standard InChI is InChI=1S/C21H27N3O2.ClH/c1-13(2)23-21(26)17-10-11-18(14(3)12-17)24-20(25)15(4)19(22)16-8-6-5-7-9-16;/h5-13,15,19H,22H2,1-4H3,(H,23,26)(H,24,25);1H. The van der Waals surface area contributed by atoms with Gasteiger partial charge in [-0.2, -0.15) is 0 Å². The van der Waals surface area contributed by atoms with Gasteiger partial charge in [0.05, 0.1) is 5.92 Å². The number of hydrogen-bond acceptors (Lipinski definition) is 3. The van der Waals surface area contributed by atoms with Crippen molar-refractivity contribution in [1.82, 2.24) is 5.32 Å². The Balaban J connectivity index is 0.00000364. The Morgan fingerprint density at radius 1 is 1.00 bits per heavy atom. The summed E-state index contributed by atoms with van der Waals surface area (Å²) in [4.78, 5) is 24.7. The van der Waals surface area contributed by atoms with Crippen LogP contribution in [0.15, 0.2) is 48.5 Å². The second-order valence-electron chi connectivity index (χ2n) is 6.87. The molecule has 0 saturated carbocycles. The van der Waals surface area contributed by atoms with E-state index in [9.17, 15) is 9.59 Å². The van der Waals surface area contributed by atoms with E-state index in [1.165, 1.54) is 0 Å². The summed E-state index contributed by atoms with van der Waals surface area (Å²) in [6.45, 7) is 7.50. The molecule has 0 aliphatic heterocycles. The SMILES string of the molecule is Cc1cc(C(=O)NC(C)C)ccc1NC(=O)C(C)C(N)c1ccccc1.Cl. The molecule has 0 radical (unpaired) electrons. The van der Waals surface area contributed by atoms with Gasteiger partial charge in [-0.3, -0.25) is 9.59 Å². The lowest BCUT2D eigenvalue weighted by molar-refractivity contribution is -0.120. The number of rotatable bonds is 6. The van der Waals surface area contributed by atoms with Crippen molar-refractivity contribution in [3.63, 3.8) is 0 Å². The number of anilines is 1. The molecule has 0 aromatic heterocycles. The zero-order valence-corrected chi connectivity index (χ0v) is 17.0. The highest BCUT2D eigenvalue weighted by molar-refractivity contribution is 5.97. The van der Waals surface area contributed by atoms with Crippen molar-refractivity contribution in [2.24, 2.45) is 11.7 Å². The number of amides is 2. The van der Waals surface area contributed by atoms with E-state index < -0.39 is 0 Å². The highest BCUT2D eigenvalue weighted by Gasteiger charge is 2.22. The Bertz CT molecular complexity index is 778. The first-order chi connectivity index (χ1) is 12.3. The predicted octanol–water partition coefficient (Wildman–Crippen LogP) is 3.83. The average Bonchev–Trinajstić information content (AvgIpc) is 2.62. The second kappa shape index (κ2) is 10.1. The largest absolute Gasteiger partial charge is 0.350 e. The summed E-state index contributed by atoms with van der Waals surface area (Å²) < 4.78 is 0. The van der Waals surface area contributed by atoms with Crippen LogP contribution in [0.25, 0.3) is 0 Å². The van der Waals surface area contributed by atoms with E-state index in [0.717, 1.165) is 11.1 Å². The van der Waals surface area contributed by atoms with Crippen LogP contribution in [0, 0.1) is 12.8 Å². The third kappa shape index (κ3) is 6.08. The number of nitrogens with two attached hydrogens (primary N) is 1. The zero-order valence-electron chi connectivity index (χ0n) is 16.2. The molecule has 27 heavy (non-hydrogen) atoms. The first kappa shape index (κ1) is 22.7. The minimum absolute atomic E-state index is 0. The molecule has 0 bridgehead atoms. The average molecular weight is 390 g/mol. The number of carbonyl (C=O) groups excluding carboxylic acids is 2. The fourth-order valence-electron chi connectivity index (χ4n) is 2.66. The van der Waals surface area contributed by atoms with Crippen molar-refractivity contribution in [2.75, 3.05) is 5.32 Å². The highest BCUT2D eigenvalue weighted by Crippen LogP contribution is 2.22. The Kier molecular flexibility index (Phi) is 8.47. The minimum Gasteiger partial charge on any atom is -0.350 e. The first-order valence-corrected chi connectivity index (χ1v) is 8.82. The van der Waals surface area contributed by atoms with Crippen LogP contribution < -0.4 is 16.4 Å². The van der Waals surface area contributed by atoms with Crippen molar-refractivity contribution in [3.8, 4) is 0 Å². The molecule has 0 aliphatic carbocycles.